The molecule has 0 heterocycles. The molecule has 0 saturated heterocycles. The van der Waals surface area contributed by atoms with Crippen LogP contribution in [0, 0.1) is 5.82 Å². The molecule has 4 rings (SSSR count). The lowest BCUT2D eigenvalue weighted by Gasteiger charge is -2.34. The highest BCUT2D eigenvalue weighted by Crippen LogP contribution is 2.24. The van der Waals surface area contributed by atoms with Gasteiger partial charge in [0.2, 0.25) is 21.8 Å². The van der Waals surface area contributed by atoms with Gasteiger partial charge in [0, 0.05) is 24.0 Å². The number of sulfonamides is 1. The maximum absolute atomic E-state index is 14.1. The third kappa shape index (κ3) is 7.82. The Labute approximate surface area is 240 Å². The van der Waals surface area contributed by atoms with Crippen molar-refractivity contribution in [3.05, 3.63) is 101 Å². The number of carbonyl (C=O) groups is 2. The molecule has 0 aromatic heterocycles. The van der Waals surface area contributed by atoms with Crippen LogP contribution in [-0.4, -0.2) is 50.0 Å². The Bertz CT molecular complexity index is 1410. The molecule has 1 saturated carbocycles. The summed E-state index contributed by atoms with van der Waals surface area (Å²) >= 11 is 6.46. The maximum Gasteiger partial charge on any atom is 0.244 e. The molecule has 40 heavy (non-hydrogen) atoms. The van der Waals surface area contributed by atoms with E-state index < -0.39 is 34.3 Å². The highest BCUT2D eigenvalue weighted by Gasteiger charge is 2.34. The smallest absolute Gasteiger partial charge is 0.244 e. The summed E-state index contributed by atoms with van der Waals surface area (Å²) < 4.78 is 40.1. The van der Waals surface area contributed by atoms with Crippen LogP contribution in [0.25, 0.3) is 0 Å². The Kier molecular flexibility index (Phi) is 9.81. The number of hydrogen-bond donors (Lipinski definition) is 1. The summed E-state index contributed by atoms with van der Waals surface area (Å²) in [5.41, 5.74) is 1.62. The van der Waals surface area contributed by atoms with Gasteiger partial charge in [-0.1, -0.05) is 73.0 Å². The van der Waals surface area contributed by atoms with Crippen molar-refractivity contribution in [3.8, 4) is 0 Å². The molecule has 1 aliphatic rings. The Morgan fingerprint density at radius 2 is 1.60 bits per heavy atom. The van der Waals surface area contributed by atoms with Crippen molar-refractivity contribution in [2.24, 2.45) is 0 Å². The van der Waals surface area contributed by atoms with Crippen molar-refractivity contribution < 1.29 is 22.4 Å². The van der Waals surface area contributed by atoms with Gasteiger partial charge in [-0.3, -0.25) is 13.9 Å². The Balaban J connectivity index is 1.72. The highest BCUT2D eigenvalue weighted by atomic mass is 35.5. The van der Waals surface area contributed by atoms with E-state index in [0.717, 1.165) is 53.9 Å². The first-order valence-electron chi connectivity index (χ1n) is 13.2. The van der Waals surface area contributed by atoms with Gasteiger partial charge in [-0.2, -0.15) is 0 Å². The third-order valence-electron chi connectivity index (χ3n) is 7.06. The van der Waals surface area contributed by atoms with E-state index in [4.69, 9.17) is 11.6 Å². The van der Waals surface area contributed by atoms with Crippen LogP contribution in [0.4, 0.5) is 10.1 Å². The molecule has 0 spiro atoms. The molecule has 1 atom stereocenters. The van der Waals surface area contributed by atoms with Gasteiger partial charge < -0.3 is 10.2 Å². The minimum Gasteiger partial charge on any atom is -0.352 e. The first kappa shape index (κ1) is 29.6. The van der Waals surface area contributed by atoms with E-state index in [0.29, 0.717) is 10.6 Å². The van der Waals surface area contributed by atoms with Crippen LogP contribution in [0.5, 0.6) is 0 Å². The lowest BCUT2D eigenvalue weighted by atomic mass is 10.0. The van der Waals surface area contributed by atoms with E-state index in [1.165, 1.54) is 17.0 Å². The van der Waals surface area contributed by atoms with E-state index in [2.05, 4.69) is 5.32 Å². The molecular weight excluding hydrogens is 553 g/mol. The molecule has 0 bridgehead atoms. The van der Waals surface area contributed by atoms with Gasteiger partial charge in [0.1, 0.15) is 18.4 Å². The van der Waals surface area contributed by atoms with Gasteiger partial charge in [0.25, 0.3) is 0 Å². The van der Waals surface area contributed by atoms with Crippen molar-refractivity contribution >= 4 is 39.1 Å². The molecule has 1 unspecified atom stereocenters. The number of hydrogen-bond acceptors (Lipinski definition) is 4. The van der Waals surface area contributed by atoms with E-state index in [1.807, 2.05) is 30.3 Å². The second-order valence-corrected chi connectivity index (χ2v) is 12.4. The fourth-order valence-electron chi connectivity index (χ4n) is 4.95. The Morgan fingerprint density at radius 3 is 2.23 bits per heavy atom. The van der Waals surface area contributed by atoms with Crippen molar-refractivity contribution in [1.29, 1.82) is 0 Å². The summed E-state index contributed by atoms with van der Waals surface area (Å²) in [4.78, 5) is 29.3. The summed E-state index contributed by atoms with van der Waals surface area (Å²) in [6, 6.07) is 20.4. The molecule has 3 aromatic carbocycles. The third-order valence-corrected chi connectivity index (χ3v) is 8.57. The molecule has 0 aliphatic heterocycles. The molecule has 212 valence electrons. The molecule has 3 aromatic rings. The van der Waals surface area contributed by atoms with E-state index in [1.54, 1.807) is 24.3 Å². The molecule has 1 aliphatic carbocycles. The lowest BCUT2D eigenvalue weighted by molar-refractivity contribution is -0.140. The minimum atomic E-state index is -3.93. The number of anilines is 1. The van der Waals surface area contributed by atoms with Gasteiger partial charge in [0.05, 0.1) is 11.9 Å². The molecule has 10 heteroatoms. The Hall–Kier alpha value is -3.43. The van der Waals surface area contributed by atoms with Crippen molar-refractivity contribution in [2.75, 3.05) is 17.1 Å². The number of amides is 2. The van der Waals surface area contributed by atoms with E-state index in [9.17, 15) is 22.4 Å². The number of nitrogens with one attached hydrogen (secondary N) is 1. The van der Waals surface area contributed by atoms with Gasteiger partial charge in [-0.25, -0.2) is 12.8 Å². The topological polar surface area (TPSA) is 86.8 Å². The monoisotopic (exact) mass is 585 g/mol. The first-order valence-corrected chi connectivity index (χ1v) is 15.4. The number of benzene rings is 3. The quantitative estimate of drug-likeness (QED) is 0.345. The van der Waals surface area contributed by atoms with Crippen LogP contribution in [0.15, 0.2) is 78.9 Å². The number of rotatable bonds is 11. The van der Waals surface area contributed by atoms with Gasteiger partial charge in [-0.15, -0.1) is 0 Å². The predicted molar refractivity (Wildman–Crippen MR) is 155 cm³/mol. The zero-order valence-electron chi connectivity index (χ0n) is 22.3. The largest absolute Gasteiger partial charge is 0.352 e. The predicted octanol–water partition coefficient (Wildman–Crippen LogP) is 4.94. The minimum absolute atomic E-state index is 0.00485. The van der Waals surface area contributed by atoms with Crippen molar-refractivity contribution in [2.45, 2.75) is 50.7 Å². The van der Waals surface area contributed by atoms with Gasteiger partial charge in [-0.05, 0) is 54.3 Å². The second-order valence-electron chi connectivity index (χ2n) is 10.1. The summed E-state index contributed by atoms with van der Waals surface area (Å²) in [7, 11) is -3.93. The molecule has 2 amide bonds. The van der Waals surface area contributed by atoms with Gasteiger partial charge in [0.15, 0.2) is 0 Å². The van der Waals surface area contributed by atoms with Gasteiger partial charge >= 0.3 is 0 Å². The number of carbonyl (C=O) groups excluding carboxylic acids is 2. The van der Waals surface area contributed by atoms with Crippen molar-refractivity contribution in [3.63, 3.8) is 0 Å². The summed E-state index contributed by atoms with van der Waals surface area (Å²) in [5.74, 6) is -1.42. The number of halogens is 2. The second kappa shape index (κ2) is 13.3. The van der Waals surface area contributed by atoms with Crippen LogP contribution in [-0.2, 0) is 32.6 Å². The van der Waals surface area contributed by atoms with E-state index >= 15 is 0 Å². The molecule has 1 fully saturated rings. The lowest BCUT2D eigenvalue weighted by Crippen LogP contribution is -2.54. The van der Waals surface area contributed by atoms with Crippen LogP contribution in [0.3, 0.4) is 0 Å². The molecule has 0 radical (unpaired) electrons. The average Bonchev–Trinajstić information content (AvgIpc) is 3.44. The van der Waals surface area contributed by atoms with Crippen LogP contribution in [0.1, 0.15) is 36.8 Å². The number of nitrogens with zero attached hydrogens (tertiary/aromatic N) is 2. The standard InChI is InChI=1S/C30H33ClFN3O4S/c1-40(38,39)35(26-17-15-24(32)16-18-26)21-29(36)34(20-23-11-5-8-14-27(23)31)28(19-22-9-3-2-4-10-22)30(37)33-25-12-6-7-13-25/h2-5,8-11,14-18,25,28H,6-7,12-13,19-21H2,1H3,(H,33,37). The van der Waals surface area contributed by atoms with Crippen LogP contribution >= 0.6 is 11.6 Å². The fourth-order valence-corrected chi connectivity index (χ4v) is 6.00. The summed E-state index contributed by atoms with van der Waals surface area (Å²) in [6.45, 7) is -0.577. The first-order chi connectivity index (χ1) is 19.1. The molecule has 7 nitrogen and oxygen atoms in total. The zero-order valence-corrected chi connectivity index (χ0v) is 23.9. The van der Waals surface area contributed by atoms with Crippen LogP contribution in [0.2, 0.25) is 5.02 Å². The van der Waals surface area contributed by atoms with Crippen LogP contribution < -0.4 is 9.62 Å². The maximum atomic E-state index is 14.1. The fraction of sp³-hybridized carbons (Fsp3) is 0.333. The average molecular weight is 586 g/mol. The summed E-state index contributed by atoms with van der Waals surface area (Å²) in [6.07, 6.45) is 5.00. The SMILES string of the molecule is CS(=O)(=O)N(CC(=O)N(Cc1ccccc1Cl)C(Cc1ccccc1)C(=O)NC1CCCC1)c1ccc(F)cc1. The normalized spacial score (nSPS) is 14.5. The Morgan fingerprint density at radius 1 is 0.975 bits per heavy atom. The molecular formula is C30H33ClFN3O4S. The molecule has 1 N–H and O–H groups in total. The zero-order chi connectivity index (χ0) is 28.7. The summed E-state index contributed by atoms with van der Waals surface area (Å²) in [5, 5.41) is 3.54. The highest BCUT2D eigenvalue weighted by molar-refractivity contribution is 7.92. The van der Waals surface area contributed by atoms with Crippen molar-refractivity contribution in [1.82, 2.24) is 10.2 Å². The van der Waals surface area contributed by atoms with E-state index in [-0.39, 0.29) is 30.6 Å².